The number of carbonyl (C=O) groups excluding carboxylic acids is 1. The number of aryl methyl sites for hydroxylation is 2. The molecule has 9 heteroatoms. The van der Waals surface area contributed by atoms with Crippen molar-refractivity contribution in [3.8, 4) is 0 Å². The molecule has 2 amide bonds. The number of piperidine rings is 1. The summed E-state index contributed by atoms with van der Waals surface area (Å²) in [6, 6.07) is 2.17. The Morgan fingerprint density at radius 2 is 1.62 bits per heavy atom. The van der Waals surface area contributed by atoms with Crippen LogP contribution in [0.3, 0.4) is 0 Å². The van der Waals surface area contributed by atoms with Crippen LogP contribution in [-0.2, 0) is 35.7 Å². The second-order valence-electron chi connectivity index (χ2n) is 9.58. The molecule has 1 aromatic carbocycles. The van der Waals surface area contributed by atoms with Crippen LogP contribution in [0.1, 0.15) is 54.9 Å². The van der Waals surface area contributed by atoms with Crippen molar-refractivity contribution < 1.29 is 13.2 Å². The monoisotopic (exact) mass is 485 g/mol. The molecule has 32 heavy (non-hydrogen) atoms. The minimum atomic E-state index is -3.67. The van der Waals surface area contributed by atoms with Crippen LogP contribution in [0.15, 0.2) is 6.07 Å². The number of carbonyl (C=O) groups is 1. The van der Waals surface area contributed by atoms with E-state index in [4.69, 9.17) is 0 Å². The minimum Gasteiger partial charge on any atom is -0.307 e. The summed E-state index contributed by atoms with van der Waals surface area (Å²) in [6.45, 7) is 6.48. The van der Waals surface area contributed by atoms with E-state index in [2.05, 4.69) is 32.8 Å². The third kappa shape index (κ3) is 5.00. The van der Waals surface area contributed by atoms with E-state index in [1.807, 2.05) is 0 Å². The maximum absolute atomic E-state index is 12.8. The van der Waals surface area contributed by atoms with Crippen LogP contribution in [0, 0.1) is 0 Å². The summed E-state index contributed by atoms with van der Waals surface area (Å²) >= 11 is 0. The van der Waals surface area contributed by atoms with Gasteiger partial charge in [0.2, 0.25) is 10.0 Å². The fraction of sp³-hybridized carbons (Fsp3) is 0.696. The first-order chi connectivity index (χ1) is 14.9. The molecule has 0 aromatic heterocycles. The molecule has 0 atom stereocenters. The number of fused-ring (bicyclic) bond motifs is 2. The van der Waals surface area contributed by atoms with E-state index >= 15 is 0 Å². The van der Waals surface area contributed by atoms with Gasteiger partial charge in [-0.15, -0.1) is 0 Å². The van der Waals surface area contributed by atoms with Gasteiger partial charge in [-0.2, -0.15) is 0 Å². The van der Waals surface area contributed by atoms with E-state index in [-0.39, 0.29) is 51.4 Å². The number of hydrogen-bond donors (Lipinski definition) is 2. The van der Waals surface area contributed by atoms with Crippen molar-refractivity contribution in [3.05, 3.63) is 28.3 Å². The molecule has 0 unspecified atom stereocenters. The number of sulfonamides is 1. The van der Waals surface area contributed by atoms with Gasteiger partial charge in [-0.1, -0.05) is 13.0 Å². The van der Waals surface area contributed by atoms with Gasteiger partial charge in [0.25, 0.3) is 0 Å². The molecule has 0 spiro atoms. The maximum atomic E-state index is 12.8. The Kier molecular flexibility index (Phi) is 8.09. The van der Waals surface area contributed by atoms with Crippen molar-refractivity contribution in [2.45, 2.75) is 69.6 Å². The van der Waals surface area contributed by atoms with Crippen molar-refractivity contribution >= 4 is 73.1 Å². The summed E-state index contributed by atoms with van der Waals surface area (Å²) in [5, 5.41) is 2.43. The van der Waals surface area contributed by atoms with Crippen LogP contribution in [-0.4, -0.2) is 120 Å². The molecule has 2 saturated heterocycles. The number of amides is 2. The van der Waals surface area contributed by atoms with Crippen LogP contribution in [0.2, 0.25) is 0 Å². The van der Waals surface area contributed by atoms with Crippen LogP contribution in [0.25, 0.3) is 0 Å². The Hall–Kier alpha value is -0.00364. The summed E-state index contributed by atoms with van der Waals surface area (Å²) in [7, 11) is -3.67. The fourth-order valence-electron chi connectivity index (χ4n) is 5.88. The topological polar surface area (TPSA) is 81.8 Å². The smallest absolute Gasteiger partial charge is 0.307 e. The Labute approximate surface area is 234 Å². The van der Waals surface area contributed by atoms with E-state index in [1.54, 1.807) is 0 Å². The fourth-order valence-corrected chi connectivity index (χ4v) is 7.14. The Morgan fingerprint density at radius 1 is 1.03 bits per heavy atom. The van der Waals surface area contributed by atoms with E-state index in [1.165, 1.54) is 22.3 Å². The molecule has 5 rings (SSSR count). The second-order valence-corrected chi connectivity index (χ2v) is 11.5. The van der Waals surface area contributed by atoms with Gasteiger partial charge in [0.1, 0.15) is 5.25 Å². The van der Waals surface area contributed by atoms with Crippen molar-refractivity contribution in [3.63, 3.8) is 0 Å². The number of urea groups is 1. The van der Waals surface area contributed by atoms with Crippen molar-refractivity contribution in [2.75, 3.05) is 38.0 Å². The molecule has 4 aliphatic rings. The molecule has 2 N–H and O–H groups in total. The summed E-state index contributed by atoms with van der Waals surface area (Å²) in [6.07, 6.45) is 8.40. The number of hydrogen-bond acceptors (Lipinski definition) is 5. The van der Waals surface area contributed by atoms with Crippen molar-refractivity contribution in [2.24, 2.45) is 0 Å². The van der Waals surface area contributed by atoms with Gasteiger partial charge in [0.15, 0.2) is 0 Å². The number of likely N-dealkylation sites (tertiary alicyclic amines) is 2. The third-order valence-electron chi connectivity index (χ3n) is 7.78. The second kappa shape index (κ2) is 10.3. The molecule has 2 aliphatic carbocycles. The van der Waals surface area contributed by atoms with E-state index in [0.717, 1.165) is 76.7 Å². The standard InChI is InChI=1S/C23H34N4O3S.K/c1-2-26-11-9-18(10-12-26)27-14-19(15-27)31(29,30)25-23(28)24-22-20-7-3-5-16(20)13-17-6-4-8-21(17)22;/h13,18-19H,2-12,14-15H2,1H3,(H2,24,25,28);. The summed E-state index contributed by atoms with van der Waals surface area (Å²) < 4.78 is 27.9. The van der Waals surface area contributed by atoms with Crippen LogP contribution >= 0.6 is 0 Å². The molecule has 2 heterocycles. The average molecular weight is 486 g/mol. The Balaban J connectivity index is 0.00000245. The van der Waals surface area contributed by atoms with Gasteiger partial charge in [0.05, 0.1) is 0 Å². The number of rotatable bonds is 5. The SMILES string of the molecule is CCN1CCC(N2CC(S(=O)(=O)NC(=O)Nc3c4c(cc5c3CCC5)CCC4)C2)CC1.[K]. The van der Waals surface area contributed by atoms with Crippen molar-refractivity contribution in [1.82, 2.24) is 14.5 Å². The third-order valence-corrected chi connectivity index (χ3v) is 9.43. The van der Waals surface area contributed by atoms with Gasteiger partial charge in [0, 0.05) is 76.2 Å². The molecular weight excluding hydrogens is 451 g/mol. The average Bonchev–Trinajstić information content (AvgIpc) is 3.35. The minimum absolute atomic E-state index is 0. The van der Waals surface area contributed by atoms with Gasteiger partial charge >= 0.3 is 6.03 Å². The molecule has 1 radical (unpaired) electrons. The Morgan fingerprint density at radius 3 is 2.19 bits per heavy atom. The van der Waals surface area contributed by atoms with Crippen LogP contribution in [0.5, 0.6) is 0 Å². The number of benzene rings is 1. The largest absolute Gasteiger partial charge is 0.332 e. The summed E-state index contributed by atoms with van der Waals surface area (Å²) in [4.78, 5) is 17.4. The predicted octanol–water partition coefficient (Wildman–Crippen LogP) is 1.90. The van der Waals surface area contributed by atoms with Gasteiger partial charge in [-0.3, -0.25) is 4.90 Å². The first kappa shape index (κ1) is 25.1. The van der Waals surface area contributed by atoms with Gasteiger partial charge in [-0.25, -0.2) is 17.9 Å². The van der Waals surface area contributed by atoms with Gasteiger partial charge in [-0.05, 0) is 93.3 Å². The molecule has 2 fully saturated rings. The predicted molar refractivity (Wildman–Crippen MR) is 128 cm³/mol. The van der Waals surface area contributed by atoms with Crippen LogP contribution < -0.4 is 10.0 Å². The maximum Gasteiger partial charge on any atom is 0.332 e. The number of anilines is 1. The van der Waals surface area contributed by atoms with E-state index < -0.39 is 21.3 Å². The molecule has 2 aliphatic heterocycles. The first-order valence-corrected chi connectivity index (χ1v) is 13.4. The van der Waals surface area contributed by atoms with E-state index in [0.29, 0.717) is 19.1 Å². The zero-order valence-corrected chi connectivity index (χ0v) is 23.4. The molecule has 7 nitrogen and oxygen atoms in total. The van der Waals surface area contributed by atoms with Crippen LogP contribution in [0.4, 0.5) is 10.5 Å². The quantitative estimate of drug-likeness (QED) is 0.623. The molecule has 171 valence electrons. The molecule has 0 bridgehead atoms. The van der Waals surface area contributed by atoms with Crippen molar-refractivity contribution in [1.29, 1.82) is 0 Å². The Bertz CT molecular complexity index is 938. The summed E-state index contributed by atoms with van der Waals surface area (Å²) in [5.41, 5.74) is 5.95. The number of nitrogens with one attached hydrogen (secondary N) is 2. The van der Waals surface area contributed by atoms with E-state index in [9.17, 15) is 13.2 Å². The molecule has 0 saturated carbocycles. The molecule has 1 aromatic rings. The first-order valence-electron chi connectivity index (χ1n) is 11.9. The van der Waals surface area contributed by atoms with Gasteiger partial charge < -0.3 is 10.2 Å². The zero-order valence-electron chi connectivity index (χ0n) is 19.5. The molecular formula is C23H34KN4O3S. The number of nitrogens with zero attached hydrogens (tertiary/aromatic N) is 2. The zero-order chi connectivity index (χ0) is 21.6. The summed E-state index contributed by atoms with van der Waals surface area (Å²) in [5.74, 6) is 0. The normalized spacial score (nSPS) is 22.0.